The maximum absolute atomic E-state index is 12.8. The number of nitrogens with zero attached hydrogens (tertiary/aromatic N) is 5. The number of nitrogens with one attached hydrogen (secondary N) is 1. The summed E-state index contributed by atoms with van der Waals surface area (Å²) < 4.78 is 5.83. The van der Waals surface area contributed by atoms with Crippen molar-refractivity contribution in [1.29, 1.82) is 0 Å². The van der Waals surface area contributed by atoms with E-state index in [4.69, 9.17) is 4.42 Å². The molecular weight excluding hydrogens is 392 g/mol. The number of hydrogen-bond acceptors (Lipinski definition) is 6. The highest BCUT2D eigenvalue weighted by Gasteiger charge is 2.25. The van der Waals surface area contributed by atoms with Gasteiger partial charge in [-0.25, -0.2) is 9.78 Å². The van der Waals surface area contributed by atoms with Gasteiger partial charge in [-0.3, -0.25) is 0 Å². The summed E-state index contributed by atoms with van der Waals surface area (Å²) in [6.45, 7) is 6.76. The zero-order chi connectivity index (χ0) is 21.6. The highest BCUT2D eigenvalue weighted by molar-refractivity contribution is 5.90. The number of anilines is 2. The van der Waals surface area contributed by atoms with Crippen LogP contribution in [0.15, 0.2) is 47.0 Å². The van der Waals surface area contributed by atoms with Crippen molar-refractivity contribution in [3.05, 3.63) is 54.0 Å². The topological polar surface area (TPSA) is 87.4 Å². The normalized spacial score (nSPS) is 14.0. The van der Waals surface area contributed by atoms with Crippen LogP contribution in [0.1, 0.15) is 31.7 Å². The van der Waals surface area contributed by atoms with Gasteiger partial charge in [0.05, 0.1) is 5.56 Å². The van der Waals surface area contributed by atoms with Crippen molar-refractivity contribution in [2.24, 2.45) is 0 Å². The van der Waals surface area contributed by atoms with E-state index in [2.05, 4.69) is 39.2 Å². The summed E-state index contributed by atoms with van der Waals surface area (Å²) in [6.07, 6.45) is 4.36. The van der Waals surface area contributed by atoms with Crippen molar-refractivity contribution in [2.75, 3.05) is 36.4 Å². The average molecular weight is 421 g/mol. The number of amides is 2. The molecule has 2 amide bonds. The second-order valence-corrected chi connectivity index (χ2v) is 7.54. The van der Waals surface area contributed by atoms with Gasteiger partial charge in [-0.15, -0.1) is 10.2 Å². The molecule has 1 aromatic carbocycles. The fourth-order valence-corrected chi connectivity index (χ4v) is 3.76. The Balaban J connectivity index is 1.42. The first-order valence-electron chi connectivity index (χ1n) is 10.9. The molecule has 1 aliphatic rings. The molecule has 0 saturated carbocycles. The molecule has 0 spiro atoms. The molecule has 0 atom stereocenters. The van der Waals surface area contributed by atoms with Gasteiger partial charge in [-0.1, -0.05) is 32.0 Å². The van der Waals surface area contributed by atoms with E-state index >= 15 is 0 Å². The van der Waals surface area contributed by atoms with Crippen LogP contribution in [0.3, 0.4) is 0 Å². The van der Waals surface area contributed by atoms with Gasteiger partial charge >= 0.3 is 6.03 Å². The molecule has 1 aliphatic heterocycles. The average Bonchev–Trinajstić information content (AvgIpc) is 3.28. The van der Waals surface area contributed by atoms with Crippen LogP contribution < -0.4 is 10.2 Å². The molecule has 0 radical (unpaired) electrons. The van der Waals surface area contributed by atoms with Crippen LogP contribution in [-0.4, -0.2) is 52.3 Å². The lowest BCUT2D eigenvalue weighted by molar-refractivity contribution is 0.208. The molecule has 8 heteroatoms. The van der Waals surface area contributed by atoms with Gasteiger partial charge in [0.1, 0.15) is 5.82 Å². The SMILES string of the molecule is CCCc1nnc(-c2cccnc2N2CCN(C(=O)Nc3ccccc3CC)CC2)o1. The van der Waals surface area contributed by atoms with Gasteiger partial charge in [0.25, 0.3) is 5.89 Å². The van der Waals surface area contributed by atoms with Crippen LogP contribution in [0.4, 0.5) is 16.3 Å². The van der Waals surface area contributed by atoms with Crippen molar-refractivity contribution in [1.82, 2.24) is 20.1 Å². The van der Waals surface area contributed by atoms with E-state index in [1.54, 1.807) is 6.20 Å². The predicted molar refractivity (Wildman–Crippen MR) is 120 cm³/mol. The number of carbonyl (C=O) groups excluding carboxylic acids is 1. The standard InChI is InChI=1S/C23H28N6O2/c1-3-8-20-26-27-22(31-20)18-10-7-12-24-21(18)28-13-15-29(16-14-28)23(30)25-19-11-6-5-9-17(19)4-2/h5-7,9-12H,3-4,8,13-16H2,1-2H3,(H,25,30). The van der Waals surface area contributed by atoms with Crippen molar-refractivity contribution < 1.29 is 9.21 Å². The van der Waals surface area contributed by atoms with E-state index in [9.17, 15) is 4.79 Å². The van der Waals surface area contributed by atoms with Gasteiger partial charge in [-0.2, -0.15) is 0 Å². The number of aryl methyl sites for hydroxylation is 2. The second-order valence-electron chi connectivity index (χ2n) is 7.54. The maximum Gasteiger partial charge on any atom is 0.321 e. The fourth-order valence-electron chi connectivity index (χ4n) is 3.76. The van der Waals surface area contributed by atoms with Crippen molar-refractivity contribution in [3.8, 4) is 11.5 Å². The van der Waals surface area contributed by atoms with Gasteiger partial charge in [0.15, 0.2) is 0 Å². The summed E-state index contributed by atoms with van der Waals surface area (Å²) in [5.74, 6) is 1.94. The highest BCUT2D eigenvalue weighted by Crippen LogP contribution is 2.29. The van der Waals surface area contributed by atoms with Crippen LogP contribution in [0.5, 0.6) is 0 Å². The molecule has 4 rings (SSSR count). The lowest BCUT2D eigenvalue weighted by Gasteiger charge is -2.36. The third-order valence-corrected chi connectivity index (χ3v) is 5.45. The number of urea groups is 1. The number of hydrogen-bond donors (Lipinski definition) is 1. The summed E-state index contributed by atoms with van der Waals surface area (Å²) in [6, 6.07) is 11.7. The Hall–Kier alpha value is -3.42. The molecule has 1 N–H and O–H groups in total. The smallest absolute Gasteiger partial charge is 0.321 e. The highest BCUT2D eigenvalue weighted by atomic mass is 16.4. The van der Waals surface area contributed by atoms with Crippen LogP contribution in [0.25, 0.3) is 11.5 Å². The lowest BCUT2D eigenvalue weighted by atomic mass is 10.1. The first-order chi connectivity index (χ1) is 15.2. The summed E-state index contributed by atoms with van der Waals surface area (Å²) in [5, 5.41) is 11.4. The van der Waals surface area contributed by atoms with E-state index < -0.39 is 0 Å². The van der Waals surface area contributed by atoms with Crippen LogP contribution in [-0.2, 0) is 12.8 Å². The van der Waals surface area contributed by atoms with Gasteiger partial charge in [-0.05, 0) is 36.6 Å². The van der Waals surface area contributed by atoms with Crippen LogP contribution in [0, 0.1) is 0 Å². The Labute approximate surface area is 182 Å². The molecule has 3 heterocycles. The van der Waals surface area contributed by atoms with Crippen molar-refractivity contribution >= 4 is 17.5 Å². The summed E-state index contributed by atoms with van der Waals surface area (Å²) in [4.78, 5) is 21.4. The number of carbonyl (C=O) groups is 1. The molecule has 2 aromatic heterocycles. The van der Waals surface area contributed by atoms with Crippen LogP contribution >= 0.6 is 0 Å². The molecule has 3 aromatic rings. The first-order valence-corrected chi connectivity index (χ1v) is 10.9. The zero-order valence-corrected chi connectivity index (χ0v) is 18.0. The van der Waals surface area contributed by atoms with Gasteiger partial charge in [0, 0.05) is 44.5 Å². The second kappa shape index (κ2) is 9.59. The van der Waals surface area contributed by atoms with Crippen molar-refractivity contribution in [3.63, 3.8) is 0 Å². The minimum atomic E-state index is -0.0668. The van der Waals surface area contributed by atoms with Gasteiger partial charge in [0.2, 0.25) is 5.89 Å². The van der Waals surface area contributed by atoms with E-state index in [0.717, 1.165) is 41.9 Å². The molecule has 162 valence electrons. The Morgan fingerprint density at radius 1 is 1.06 bits per heavy atom. The van der Waals surface area contributed by atoms with E-state index in [1.807, 2.05) is 41.3 Å². The minimum absolute atomic E-state index is 0.0668. The van der Waals surface area contributed by atoms with Gasteiger partial charge < -0.3 is 19.5 Å². The number of rotatable bonds is 6. The van der Waals surface area contributed by atoms with Crippen molar-refractivity contribution in [2.45, 2.75) is 33.1 Å². The molecule has 31 heavy (non-hydrogen) atoms. The maximum atomic E-state index is 12.8. The summed E-state index contributed by atoms with van der Waals surface area (Å²) in [5.41, 5.74) is 2.84. The summed E-state index contributed by atoms with van der Waals surface area (Å²) in [7, 11) is 0. The first kappa shape index (κ1) is 20.8. The molecule has 8 nitrogen and oxygen atoms in total. The monoisotopic (exact) mass is 420 g/mol. The van der Waals surface area contributed by atoms with E-state index in [0.29, 0.717) is 38.0 Å². The Bertz CT molecular complexity index is 1030. The van der Waals surface area contributed by atoms with E-state index in [1.165, 1.54) is 0 Å². The number of benzene rings is 1. The number of pyridine rings is 1. The lowest BCUT2D eigenvalue weighted by Crippen LogP contribution is -2.50. The number of para-hydroxylation sites is 1. The molecule has 1 saturated heterocycles. The van der Waals surface area contributed by atoms with Crippen LogP contribution in [0.2, 0.25) is 0 Å². The third-order valence-electron chi connectivity index (χ3n) is 5.45. The Morgan fingerprint density at radius 2 is 1.87 bits per heavy atom. The third kappa shape index (κ3) is 4.68. The zero-order valence-electron chi connectivity index (χ0n) is 18.0. The Kier molecular flexibility index (Phi) is 6.45. The Morgan fingerprint density at radius 3 is 2.65 bits per heavy atom. The molecule has 0 bridgehead atoms. The molecule has 0 unspecified atom stereocenters. The molecule has 0 aliphatic carbocycles. The molecule has 1 fully saturated rings. The summed E-state index contributed by atoms with van der Waals surface area (Å²) >= 11 is 0. The van der Waals surface area contributed by atoms with E-state index in [-0.39, 0.29) is 6.03 Å². The minimum Gasteiger partial charge on any atom is -0.421 e. The number of piperazine rings is 1. The molecular formula is C23H28N6O2. The largest absolute Gasteiger partial charge is 0.421 e. The fraction of sp³-hybridized carbons (Fsp3) is 0.391. The number of aromatic nitrogens is 3. The quantitative estimate of drug-likeness (QED) is 0.649. The predicted octanol–water partition coefficient (Wildman–Crippen LogP) is 4.00.